The van der Waals surface area contributed by atoms with E-state index >= 15 is 0 Å². The standard InChI is InChI=1S/C32H45N3O6/c1-6-7-8-19-33-29(38)27(25-14-9-11-21(2)28(25)37)35(23-12-10-13-23)30(39)26(34-31(40)41-32(3,4)5)20-22-15-17-24(36)18-16-22/h9,11,14-18,23,26-27,36-37H,6-8,10,12-13,19-20H2,1-5H3,(H,33,38)(H,34,40). The smallest absolute Gasteiger partial charge is 0.408 e. The van der Waals surface area contributed by atoms with Crippen LogP contribution in [0.2, 0.25) is 0 Å². The van der Waals surface area contributed by atoms with Crippen LogP contribution in [0.1, 0.15) is 89.0 Å². The van der Waals surface area contributed by atoms with Crippen molar-refractivity contribution in [3.05, 3.63) is 59.2 Å². The SMILES string of the molecule is CCCCCNC(=O)C(c1cccc(C)c1O)N(C(=O)C(Cc1ccc(O)cc1)NC(=O)OC(C)(C)C)C1CCC1. The number of carbonyl (C=O) groups is 3. The molecule has 0 saturated heterocycles. The third-order valence-electron chi connectivity index (χ3n) is 7.26. The van der Waals surface area contributed by atoms with Crippen LogP contribution in [0, 0.1) is 6.92 Å². The van der Waals surface area contributed by atoms with Crippen LogP contribution >= 0.6 is 0 Å². The van der Waals surface area contributed by atoms with E-state index in [0.29, 0.717) is 36.1 Å². The van der Waals surface area contributed by atoms with Gasteiger partial charge in [-0.15, -0.1) is 0 Å². The number of amides is 3. The van der Waals surface area contributed by atoms with Crippen LogP contribution in [0.4, 0.5) is 4.79 Å². The Morgan fingerprint density at radius 1 is 1.05 bits per heavy atom. The van der Waals surface area contributed by atoms with E-state index in [2.05, 4.69) is 17.6 Å². The van der Waals surface area contributed by atoms with E-state index in [-0.39, 0.29) is 29.9 Å². The molecule has 1 aliphatic rings. The van der Waals surface area contributed by atoms with Gasteiger partial charge in [-0.1, -0.05) is 50.1 Å². The normalized spacial score (nSPS) is 14.9. The number of hydrogen-bond donors (Lipinski definition) is 4. The van der Waals surface area contributed by atoms with E-state index in [1.165, 1.54) is 12.1 Å². The lowest BCUT2D eigenvalue weighted by Crippen LogP contribution is -2.58. The van der Waals surface area contributed by atoms with Gasteiger partial charge >= 0.3 is 6.09 Å². The highest BCUT2D eigenvalue weighted by Crippen LogP contribution is 2.38. The van der Waals surface area contributed by atoms with E-state index in [1.54, 1.807) is 62.9 Å². The highest BCUT2D eigenvalue weighted by atomic mass is 16.6. The number of phenolic OH excluding ortho intramolecular Hbond substituents is 2. The highest BCUT2D eigenvalue weighted by Gasteiger charge is 2.43. The Kier molecular flexibility index (Phi) is 11.0. The first kappa shape index (κ1) is 31.8. The first-order valence-corrected chi connectivity index (χ1v) is 14.6. The van der Waals surface area contributed by atoms with Crippen molar-refractivity contribution < 1.29 is 29.3 Å². The van der Waals surface area contributed by atoms with Crippen molar-refractivity contribution in [2.24, 2.45) is 0 Å². The van der Waals surface area contributed by atoms with E-state index in [1.807, 2.05) is 0 Å². The van der Waals surface area contributed by atoms with Gasteiger partial charge in [0, 0.05) is 24.6 Å². The summed E-state index contributed by atoms with van der Waals surface area (Å²) in [5, 5.41) is 26.6. The number of aromatic hydroxyl groups is 2. The Hall–Kier alpha value is -3.75. The zero-order valence-electron chi connectivity index (χ0n) is 24.9. The molecule has 1 saturated carbocycles. The molecule has 2 atom stereocenters. The number of aryl methyl sites for hydroxylation is 1. The number of nitrogens with one attached hydrogen (secondary N) is 2. The maximum Gasteiger partial charge on any atom is 0.408 e. The van der Waals surface area contributed by atoms with Crippen molar-refractivity contribution in [1.82, 2.24) is 15.5 Å². The molecule has 0 spiro atoms. The maximum atomic E-state index is 14.5. The molecule has 0 radical (unpaired) electrons. The summed E-state index contributed by atoms with van der Waals surface area (Å²) in [7, 11) is 0. The third-order valence-corrected chi connectivity index (χ3v) is 7.26. The first-order valence-electron chi connectivity index (χ1n) is 14.6. The molecule has 9 heteroatoms. The lowest BCUT2D eigenvalue weighted by Gasteiger charge is -2.43. The zero-order valence-corrected chi connectivity index (χ0v) is 24.9. The van der Waals surface area contributed by atoms with Gasteiger partial charge in [0.1, 0.15) is 29.2 Å². The molecule has 0 heterocycles. The molecule has 0 aromatic heterocycles. The molecule has 224 valence electrons. The van der Waals surface area contributed by atoms with Crippen molar-refractivity contribution in [1.29, 1.82) is 0 Å². The summed E-state index contributed by atoms with van der Waals surface area (Å²) < 4.78 is 5.48. The number of para-hydroxylation sites is 1. The van der Waals surface area contributed by atoms with Crippen molar-refractivity contribution >= 4 is 17.9 Å². The van der Waals surface area contributed by atoms with Crippen LogP contribution in [-0.4, -0.2) is 57.3 Å². The molecule has 3 rings (SSSR count). The number of phenols is 2. The van der Waals surface area contributed by atoms with Crippen LogP contribution in [-0.2, 0) is 20.7 Å². The van der Waals surface area contributed by atoms with Gasteiger partial charge in [0.15, 0.2) is 0 Å². The minimum atomic E-state index is -1.09. The van der Waals surface area contributed by atoms with Crippen molar-refractivity contribution in [3.8, 4) is 11.5 Å². The van der Waals surface area contributed by atoms with Crippen LogP contribution in [0.3, 0.4) is 0 Å². The molecule has 41 heavy (non-hydrogen) atoms. The van der Waals surface area contributed by atoms with E-state index in [4.69, 9.17) is 4.74 Å². The molecular weight excluding hydrogens is 522 g/mol. The van der Waals surface area contributed by atoms with E-state index in [0.717, 1.165) is 25.7 Å². The van der Waals surface area contributed by atoms with Gasteiger partial charge in [0.05, 0.1) is 0 Å². The molecule has 3 amide bonds. The molecular formula is C32H45N3O6. The number of unbranched alkanes of at least 4 members (excludes halogenated alkanes) is 2. The Morgan fingerprint density at radius 3 is 2.32 bits per heavy atom. The molecule has 2 unspecified atom stereocenters. The number of hydrogen-bond acceptors (Lipinski definition) is 6. The summed E-state index contributed by atoms with van der Waals surface area (Å²) in [5.41, 5.74) is 0.876. The molecule has 2 aromatic carbocycles. The van der Waals surface area contributed by atoms with Gasteiger partial charge in [0.25, 0.3) is 0 Å². The van der Waals surface area contributed by atoms with Crippen LogP contribution in [0.25, 0.3) is 0 Å². The molecule has 0 bridgehead atoms. The first-order chi connectivity index (χ1) is 19.4. The summed E-state index contributed by atoms with van der Waals surface area (Å²) >= 11 is 0. The van der Waals surface area contributed by atoms with Crippen molar-refractivity contribution in [3.63, 3.8) is 0 Å². The number of benzene rings is 2. The Labute approximate surface area is 243 Å². The van der Waals surface area contributed by atoms with Crippen LogP contribution in [0.5, 0.6) is 11.5 Å². The predicted molar refractivity (Wildman–Crippen MR) is 158 cm³/mol. The second kappa shape index (κ2) is 14.2. The second-order valence-corrected chi connectivity index (χ2v) is 11.8. The second-order valence-electron chi connectivity index (χ2n) is 11.8. The summed E-state index contributed by atoms with van der Waals surface area (Å²) in [4.78, 5) is 42.8. The average molecular weight is 568 g/mol. The van der Waals surface area contributed by atoms with Crippen LogP contribution < -0.4 is 10.6 Å². The minimum Gasteiger partial charge on any atom is -0.508 e. The van der Waals surface area contributed by atoms with Gasteiger partial charge in [0.2, 0.25) is 11.8 Å². The van der Waals surface area contributed by atoms with Gasteiger partial charge in [-0.3, -0.25) is 9.59 Å². The fourth-order valence-corrected chi connectivity index (χ4v) is 4.88. The molecule has 4 N–H and O–H groups in total. The Bertz CT molecular complexity index is 1190. The Balaban J connectivity index is 2.04. The number of ether oxygens (including phenoxy) is 1. The predicted octanol–water partition coefficient (Wildman–Crippen LogP) is 5.27. The van der Waals surface area contributed by atoms with Gasteiger partial charge < -0.3 is 30.5 Å². The van der Waals surface area contributed by atoms with E-state index in [9.17, 15) is 24.6 Å². The highest BCUT2D eigenvalue weighted by molar-refractivity contribution is 5.93. The Morgan fingerprint density at radius 2 is 1.73 bits per heavy atom. The lowest BCUT2D eigenvalue weighted by molar-refractivity contribution is -0.147. The summed E-state index contributed by atoms with van der Waals surface area (Å²) in [5.74, 6) is -0.762. The van der Waals surface area contributed by atoms with Gasteiger partial charge in [-0.2, -0.15) is 0 Å². The molecule has 2 aromatic rings. The fraction of sp³-hybridized carbons (Fsp3) is 0.531. The monoisotopic (exact) mass is 567 g/mol. The number of carbonyl (C=O) groups excluding carboxylic acids is 3. The number of rotatable bonds is 12. The number of alkyl carbamates (subject to hydrolysis) is 1. The van der Waals surface area contributed by atoms with Crippen molar-refractivity contribution in [2.45, 2.75) is 103 Å². The minimum absolute atomic E-state index is 0.0338. The average Bonchev–Trinajstić information content (AvgIpc) is 2.87. The van der Waals surface area contributed by atoms with Crippen LogP contribution in [0.15, 0.2) is 42.5 Å². The summed E-state index contributed by atoms with van der Waals surface area (Å²) in [6.45, 7) is 9.51. The quantitative estimate of drug-likeness (QED) is 0.259. The lowest BCUT2D eigenvalue weighted by atomic mass is 9.87. The maximum absolute atomic E-state index is 14.5. The largest absolute Gasteiger partial charge is 0.508 e. The topological polar surface area (TPSA) is 128 Å². The molecule has 1 aliphatic carbocycles. The zero-order chi connectivity index (χ0) is 30.2. The number of nitrogens with zero attached hydrogens (tertiary/aromatic N) is 1. The van der Waals surface area contributed by atoms with Gasteiger partial charge in [-0.25, -0.2) is 4.79 Å². The van der Waals surface area contributed by atoms with Gasteiger partial charge in [-0.05, 0) is 76.6 Å². The molecule has 1 fully saturated rings. The molecule has 9 nitrogen and oxygen atoms in total. The van der Waals surface area contributed by atoms with E-state index < -0.39 is 29.7 Å². The van der Waals surface area contributed by atoms with Crippen molar-refractivity contribution in [2.75, 3.05) is 6.54 Å². The molecule has 0 aliphatic heterocycles. The summed E-state index contributed by atoms with van der Waals surface area (Å²) in [6.07, 6.45) is 4.44. The third kappa shape index (κ3) is 8.87. The fourth-order valence-electron chi connectivity index (χ4n) is 4.88. The summed E-state index contributed by atoms with van der Waals surface area (Å²) in [6, 6.07) is 9.21.